The van der Waals surface area contributed by atoms with Gasteiger partial charge in [-0.05, 0) is 43.2 Å². The molecule has 1 unspecified atom stereocenters. The van der Waals surface area contributed by atoms with Crippen molar-refractivity contribution in [2.75, 3.05) is 26.7 Å². The first kappa shape index (κ1) is 20.2. The second kappa shape index (κ2) is 9.12. The standard InChI is InChI=1S/C20H23ClN2O5/c1-27-17-5-4-14(21)11-15(17)20(26)23-8-6-13(7-9-23)19(25)22-12-16(24)18-3-2-10-28-18/h2-5,10-11,13,16,24H,6-9,12H2,1H3,(H,22,25). The van der Waals surface area contributed by atoms with E-state index in [0.717, 1.165) is 0 Å². The van der Waals surface area contributed by atoms with Gasteiger partial charge in [-0.1, -0.05) is 11.6 Å². The Balaban J connectivity index is 1.52. The fourth-order valence-electron chi connectivity index (χ4n) is 3.29. The number of likely N-dealkylation sites (tertiary alicyclic amines) is 1. The summed E-state index contributed by atoms with van der Waals surface area (Å²) >= 11 is 6.01. The highest BCUT2D eigenvalue weighted by molar-refractivity contribution is 6.31. The molecule has 3 rings (SSSR count). The zero-order valence-electron chi connectivity index (χ0n) is 15.6. The van der Waals surface area contributed by atoms with Gasteiger partial charge in [0.05, 0.1) is 25.5 Å². The molecule has 2 amide bonds. The first-order chi connectivity index (χ1) is 13.5. The predicted molar refractivity (Wildman–Crippen MR) is 103 cm³/mol. The summed E-state index contributed by atoms with van der Waals surface area (Å²) in [7, 11) is 1.51. The molecule has 1 aromatic carbocycles. The summed E-state index contributed by atoms with van der Waals surface area (Å²) in [6.07, 6.45) is 1.70. The van der Waals surface area contributed by atoms with E-state index in [1.807, 2.05) is 0 Å². The third-order valence-electron chi connectivity index (χ3n) is 4.89. The van der Waals surface area contributed by atoms with Gasteiger partial charge in [0, 0.05) is 24.0 Å². The number of benzene rings is 1. The molecular weight excluding hydrogens is 384 g/mol. The smallest absolute Gasteiger partial charge is 0.257 e. The fraction of sp³-hybridized carbons (Fsp3) is 0.400. The number of hydrogen-bond donors (Lipinski definition) is 2. The van der Waals surface area contributed by atoms with Gasteiger partial charge in [0.2, 0.25) is 5.91 Å². The average molecular weight is 407 g/mol. The van der Waals surface area contributed by atoms with Crippen molar-refractivity contribution in [3.05, 3.63) is 52.9 Å². The van der Waals surface area contributed by atoms with E-state index in [0.29, 0.717) is 48.0 Å². The van der Waals surface area contributed by atoms with Crippen molar-refractivity contribution in [3.63, 3.8) is 0 Å². The highest BCUT2D eigenvalue weighted by atomic mass is 35.5. The largest absolute Gasteiger partial charge is 0.496 e. The number of halogens is 1. The Morgan fingerprint density at radius 2 is 2.11 bits per heavy atom. The van der Waals surface area contributed by atoms with Gasteiger partial charge in [0.25, 0.3) is 5.91 Å². The molecule has 2 heterocycles. The molecule has 7 nitrogen and oxygen atoms in total. The SMILES string of the molecule is COc1ccc(Cl)cc1C(=O)N1CCC(C(=O)NCC(O)c2ccco2)CC1. The molecule has 1 aromatic heterocycles. The van der Waals surface area contributed by atoms with Gasteiger partial charge >= 0.3 is 0 Å². The molecule has 1 fully saturated rings. The van der Waals surface area contributed by atoms with Gasteiger partial charge in [0.15, 0.2) is 0 Å². The average Bonchev–Trinajstić information content (AvgIpc) is 3.26. The molecule has 0 spiro atoms. The van der Waals surface area contributed by atoms with Crippen molar-refractivity contribution in [2.24, 2.45) is 5.92 Å². The Morgan fingerprint density at radius 1 is 1.36 bits per heavy atom. The number of ether oxygens (including phenoxy) is 1. The zero-order valence-corrected chi connectivity index (χ0v) is 16.3. The van der Waals surface area contributed by atoms with Gasteiger partial charge in [-0.15, -0.1) is 0 Å². The molecule has 0 radical (unpaired) electrons. The molecule has 1 aliphatic heterocycles. The number of furan rings is 1. The van der Waals surface area contributed by atoms with E-state index in [1.165, 1.54) is 13.4 Å². The normalized spacial score (nSPS) is 15.9. The van der Waals surface area contributed by atoms with Crippen LogP contribution >= 0.6 is 11.6 Å². The van der Waals surface area contributed by atoms with Gasteiger partial charge in [0.1, 0.15) is 17.6 Å². The Morgan fingerprint density at radius 3 is 2.75 bits per heavy atom. The van der Waals surface area contributed by atoms with E-state index in [-0.39, 0.29) is 24.3 Å². The van der Waals surface area contributed by atoms with E-state index in [9.17, 15) is 14.7 Å². The molecule has 1 saturated heterocycles. The van der Waals surface area contributed by atoms with Crippen LogP contribution in [0.2, 0.25) is 5.02 Å². The number of nitrogens with zero attached hydrogens (tertiary/aromatic N) is 1. The fourth-order valence-corrected chi connectivity index (χ4v) is 3.46. The summed E-state index contributed by atoms with van der Waals surface area (Å²) in [6, 6.07) is 8.27. The molecular formula is C20H23ClN2O5. The van der Waals surface area contributed by atoms with Crippen LogP contribution in [0.15, 0.2) is 41.0 Å². The Labute approximate surface area is 168 Å². The summed E-state index contributed by atoms with van der Waals surface area (Å²) in [5.41, 5.74) is 0.416. The lowest BCUT2D eigenvalue weighted by molar-refractivity contribution is -0.126. The third kappa shape index (κ3) is 4.66. The predicted octanol–water partition coefficient (Wildman–Crippen LogP) is 2.64. The number of carbonyl (C=O) groups is 2. The van der Waals surface area contributed by atoms with Crippen molar-refractivity contribution < 1.29 is 23.8 Å². The summed E-state index contributed by atoms with van der Waals surface area (Å²) < 4.78 is 10.4. The number of aliphatic hydroxyl groups excluding tert-OH is 1. The zero-order chi connectivity index (χ0) is 20.1. The van der Waals surface area contributed by atoms with Crippen molar-refractivity contribution in [1.29, 1.82) is 0 Å². The van der Waals surface area contributed by atoms with E-state index in [4.69, 9.17) is 20.8 Å². The van der Waals surface area contributed by atoms with Gasteiger partial charge in [-0.25, -0.2) is 0 Å². The maximum atomic E-state index is 12.8. The molecule has 2 aromatic rings. The van der Waals surface area contributed by atoms with E-state index in [2.05, 4.69) is 5.32 Å². The second-order valence-corrected chi connectivity index (χ2v) is 7.12. The Kier molecular flexibility index (Phi) is 6.59. The van der Waals surface area contributed by atoms with Crippen LogP contribution in [-0.4, -0.2) is 48.6 Å². The first-order valence-electron chi connectivity index (χ1n) is 9.11. The molecule has 150 valence electrons. The number of piperidine rings is 1. The van der Waals surface area contributed by atoms with Crippen LogP contribution in [-0.2, 0) is 4.79 Å². The highest BCUT2D eigenvalue weighted by Gasteiger charge is 2.29. The van der Waals surface area contributed by atoms with Crippen LogP contribution < -0.4 is 10.1 Å². The maximum absolute atomic E-state index is 12.8. The highest BCUT2D eigenvalue weighted by Crippen LogP contribution is 2.26. The van der Waals surface area contributed by atoms with Crippen molar-refractivity contribution in [1.82, 2.24) is 10.2 Å². The van der Waals surface area contributed by atoms with Crippen LogP contribution in [0.5, 0.6) is 5.75 Å². The number of hydrogen-bond acceptors (Lipinski definition) is 5. The van der Waals surface area contributed by atoms with Crippen LogP contribution in [0.3, 0.4) is 0 Å². The number of aliphatic hydroxyl groups is 1. The second-order valence-electron chi connectivity index (χ2n) is 6.69. The topological polar surface area (TPSA) is 92.0 Å². The van der Waals surface area contributed by atoms with Crippen molar-refractivity contribution >= 4 is 23.4 Å². The number of carbonyl (C=O) groups excluding carboxylic acids is 2. The molecule has 0 saturated carbocycles. The maximum Gasteiger partial charge on any atom is 0.257 e. The van der Waals surface area contributed by atoms with Crippen LogP contribution in [0, 0.1) is 5.92 Å². The number of rotatable bonds is 6. The lowest BCUT2D eigenvalue weighted by atomic mass is 9.95. The molecule has 28 heavy (non-hydrogen) atoms. The monoisotopic (exact) mass is 406 g/mol. The third-order valence-corrected chi connectivity index (χ3v) is 5.12. The van der Waals surface area contributed by atoms with Crippen LogP contribution in [0.1, 0.15) is 35.1 Å². The van der Waals surface area contributed by atoms with E-state index < -0.39 is 6.10 Å². The van der Waals surface area contributed by atoms with Crippen molar-refractivity contribution in [2.45, 2.75) is 18.9 Å². The van der Waals surface area contributed by atoms with Crippen molar-refractivity contribution in [3.8, 4) is 5.75 Å². The number of amides is 2. The van der Waals surface area contributed by atoms with Gasteiger partial charge in [-0.3, -0.25) is 9.59 Å². The summed E-state index contributed by atoms with van der Waals surface area (Å²) in [5.74, 6) is 0.399. The van der Waals surface area contributed by atoms with Crippen LogP contribution in [0.4, 0.5) is 0 Å². The number of methoxy groups -OCH3 is 1. The van der Waals surface area contributed by atoms with E-state index >= 15 is 0 Å². The minimum absolute atomic E-state index is 0.0885. The molecule has 0 aliphatic carbocycles. The lowest BCUT2D eigenvalue weighted by Crippen LogP contribution is -2.43. The van der Waals surface area contributed by atoms with Gasteiger partial charge in [-0.2, -0.15) is 0 Å². The Bertz CT molecular complexity index is 816. The molecule has 2 N–H and O–H groups in total. The molecule has 1 atom stereocenters. The van der Waals surface area contributed by atoms with Crippen LogP contribution in [0.25, 0.3) is 0 Å². The van der Waals surface area contributed by atoms with E-state index in [1.54, 1.807) is 35.2 Å². The minimum Gasteiger partial charge on any atom is -0.496 e. The number of nitrogens with one attached hydrogen (secondary N) is 1. The Hall–Kier alpha value is -2.51. The minimum atomic E-state index is -0.879. The first-order valence-corrected chi connectivity index (χ1v) is 9.49. The quantitative estimate of drug-likeness (QED) is 0.769. The summed E-state index contributed by atoms with van der Waals surface area (Å²) in [6.45, 7) is 1.02. The molecule has 8 heteroatoms. The summed E-state index contributed by atoms with van der Waals surface area (Å²) in [5, 5.41) is 13.2. The summed E-state index contributed by atoms with van der Waals surface area (Å²) in [4.78, 5) is 26.9. The molecule has 0 bridgehead atoms. The lowest BCUT2D eigenvalue weighted by Gasteiger charge is -2.31. The molecule has 1 aliphatic rings. The van der Waals surface area contributed by atoms with Gasteiger partial charge < -0.3 is 24.5 Å².